The molecule has 0 radical (unpaired) electrons. The summed E-state index contributed by atoms with van der Waals surface area (Å²) in [5.74, 6) is 0.146. The van der Waals surface area contributed by atoms with E-state index in [1.165, 1.54) is 0 Å². The van der Waals surface area contributed by atoms with Crippen LogP contribution in [0.5, 0.6) is 0 Å². The van der Waals surface area contributed by atoms with Gasteiger partial charge < -0.3 is 5.11 Å². The van der Waals surface area contributed by atoms with Gasteiger partial charge in [0.05, 0.1) is 11.4 Å². The van der Waals surface area contributed by atoms with E-state index in [4.69, 9.17) is 9.97 Å². The molecule has 0 fully saturated rings. The van der Waals surface area contributed by atoms with Gasteiger partial charge >= 0.3 is 0 Å². The molecule has 0 aliphatic heterocycles. The minimum absolute atomic E-state index is 0.0238. The number of aliphatic hydroxyl groups excluding tert-OH is 1. The maximum absolute atomic E-state index is 13.9. The van der Waals surface area contributed by atoms with Gasteiger partial charge in [0.25, 0.3) is 0 Å². The summed E-state index contributed by atoms with van der Waals surface area (Å²) in [6, 6.07) is 78.9. The molecule has 0 bridgehead atoms. The van der Waals surface area contributed by atoms with Gasteiger partial charge in [-0.2, -0.15) is 0 Å². The number of Topliss-reactive ketones (excluding diaryl/α,β-unsaturated/α-hetero) is 1. The molecule has 0 atom stereocenters. The number of carbonyl (C=O) groups is 1. The first-order valence-corrected chi connectivity index (χ1v) is 25.2. The summed E-state index contributed by atoms with van der Waals surface area (Å²) in [6.07, 6.45) is 5.33. The number of aliphatic hydroxyl groups is 1. The van der Waals surface area contributed by atoms with Crippen molar-refractivity contribution in [2.75, 3.05) is 0 Å². The highest BCUT2D eigenvalue weighted by atomic mass is 16.3. The van der Waals surface area contributed by atoms with Crippen molar-refractivity contribution < 1.29 is 9.90 Å². The molecule has 4 heteroatoms. The molecule has 0 saturated heterocycles. The molecule has 0 unspecified atom stereocenters. The zero-order valence-corrected chi connectivity index (χ0v) is 41.9. The predicted octanol–water partition coefficient (Wildman–Crippen LogP) is 18.2. The van der Waals surface area contributed by atoms with E-state index in [0.29, 0.717) is 18.4 Å². The third-order valence-corrected chi connectivity index (χ3v) is 13.7. The highest BCUT2D eigenvalue weighted by Gasteiger charge is 2.25. The van der Waals surface area contributed by atoms with Crippen molar-refractivity contribution in [1.82, 2.24) is 9.97 Å². The average molecular weight is 947 g/mol. The van der Waals surface area contributed by atoms with Gasteiger partial charge in [-0.05, 0) is 115 Å². The van der Waals surface area contributed by atoms with Gasteiger partial charge in [0, 0.05) is 52.1 Å². The molecule has 73 heavy (non-hydrogen) atoms. The number of hydrogen-bond acceptors (Lipinski definition) is 4. The highest BCUT2D eigenvalue weighted by molar-refractivity contribution is 5.98. The fourth-order valence-corrected chi connectivity index (χ4v) is 9.99. The fraction of sp³-hybridized carbons (Fsp3) is 0.116. The minimum Gasteiger partial charge on any atom is -0.511 e. The maximum Gasteiger partial charge on any atom is 0.162 e. The van der Waals surface area contributed by atoms with Crippen LogP contribution in [0.2, 0.25) is 0 Å². The lowest BCUT2D eigenvalue weighted by Crippen LogP contribution is -2.16. The summed E-state index contributed by atoms with van der Waals surface area (Å²) in [5, 5.41) is 11.2. The van der Waals surface area contributed by atoms with E-state index in [9.17, 15) is 9.90 Å². The second-order valence-corrected chi connectivity index (χ2v) is 19.6. The first kappa shape index (κ1) is 47.9. The summed E-state index contributed by atoms with van der Waals surface area (Å²) in [4.78, 5) is 24.2. The Hall–Kier alpha value is -8.73. The van der Waals surface area contributed by atoms with Crippen LogP contribution < -0.4 is 0 Å². The van der Waals surface area contributed by atoms with Gasteiger partial charge in [-0.15, -0.1) is 0 Å². The van der Waals surface area contributed by atoms with Crippen LogP contribution in [-0.2, 0) is 11.2 Å². The maximum atomic E-state index is 13.9. The molecule has 8 aromatic carbocycles. The lowest BCUT2D eigenvalue weighted by Gasteiger charge is -2.21. The number of pyridine rings is 2. The molecule has 2 heterocycles. The molecule has 10 rings (SSSR count). The molecule has 2 aromatic heterocycles. The van der Waals surface area contributed by atoms with E-state index >= 15 is 0 Å². The summed E-state index contributed by atoms with van der Waals surface area (Å²) in [7, 11) is 0. The van der Waals surface area contributed by atoms with Crippen molar-refractivity contribution in [3.05, 3.63) is 254 Å². The van der Waals surface area contributed by atoms with Gasteiger partial charge in [0.15, 0.2) is 5.78 Å². The molecule has 4 nitrogen and oxygen atoms in total. The standard InChI is InChI=1S/C69H58N2O2/c1-5-55(68(73)69(2,3)4)67(72)39-38-49-28-18-19-33-56(49)52-40-53(57-34-20-22-36-59(57)63-45-70-65(50-29-14-8-15-30-50)43-61(63)47-24-10-6-11-25-47)42-54(41-52)58-35-21-23-37-60(58)64-46-71-66(51-31-16-9-17-32-51)44-62(64)48-26-12-7-13-27-48/h6-37,40-46,73H,5,38-39H2,1-4H3/b68-55-. The van der Waals surface area contributed by atoms with Crippen LogP contribution in [0.1, 0.15) is 46.1 Å². The van der Waals surface area contributed by atoms with Crippen LogP contribution in [0.15, 0.2) is 248 Å². The lowest BCUT2D eigenvalue weighted by molar-refractivity contribution is -0.116. The summed E-state index contributed by atoms with van der Waals surface area (Å²) in [5.41, 5.74) is 19.9. The summed E-state index contributed by atoms with van der Waals surface area (Å²) in [6.45, 7) is 7.77. The Kier molecular flexibility index (Phi) is 14.0. The van der Waals surface area contributed by atoms with Crippen molar-refractivity contribution in [2.24, 2.45) is 5.41 Å². The Bertz CT molecular complexity index is 3400. The Morgan fingerprint density at radius 3 is 1.16 bits per heavy atom. The molecule has 0 spiro atoms. The second-order valence-electron chi connectivity index (χ2n) is 19.6. The zero-order valence-electron chi connectivity index (χ0n) is 41.9. The second kappa shape index (κ2) is 21.3. The van der Waals surface area contributed by atoms with E-state index in [2.05, 4.69) is 212 Å². The van der Waals surface area contributed by atoms with E-state index in [0.717, 1.165) is 106 Å². The summed E-state index contributed by atoms with van der Waals surface area (Å²) >= 11 is 0. The number of hydrogen-bond donors (Lipinski definition) is 1. The molecule has 0 aliphatic carbocycles. The van der Waals surface area contributed by atoms with Crippen LogP contribution >= 0.6 is 0 Å². The first-order chi connectivity index (χ1) is 35.6. The Morgan fingerprint density at radius 2 is 0.753 bits per heavy atom. The van der Waals surface area contributed by atoms with E-state index in [1.807, 2.05) is 52.2 Å². The summed E-state index contributed by atoms with van der Waals surface area (Å²) < 4.78 is 0. The number of rotatable bonds is 14. The van der Waals surface area contributed by atoms with Gasteiger partial charge in [0.2, 0.25) is 0 Å². The monoisotopic (exact) mass is 946 g/mol. The predicted molar refractivity (Wildman–Crippen MR) is 304 cm³/mol. The molecule has 0 aliphatic rings. The van der Waals surface area contributed by atoms with E-state index in [1.54, 1.807) is 0 Å². The Morgan fingerprint density at radius 1 is 0.397 bits per heavy atom. The molecule has 10 aromatic rings. The first-order valence-electron chi connectivity index (χ1n) is 25.2. The third kappa shape index (κ3) is 10.4. The normalized spacial score (nSPS) is 11.8. The highest BCUT2D eigenvalue weighted by Crippen LogP contribution is 2.45. The van der Waals surface area contributed by atoms with Crippen LogP contribution in [0.3, 0.4) is 0 Å². The number of ketones is 1. The SMILES string of the molecule is CC/C(C(=O)CCc1ccccc1-c1cc(-c2ccccc2-c2cnc(-c3ccccc3)cc2-c2ccccc2)cc(-c2ccccc2-c2cnc(-c3ccccc3)cc2-c2ccccc2)c1)=C(/O)C(C)(C)C. The minimum atomic E-state index is -0.522. The van der Waals surface area contributed by atoms with E-state index < -0.39 is 5.41 Å². The molecule has 0 amide bonds. The van der Waals surface area contributed by atoms with Crippen molar-refractivity contribution in [3.8, 4) is 100 Å². The number of nitrogens with zero attached hydrogens (tertiary/aromatic N) is 2. The quantitative estimate of drug-likeness (QED) is 0.0871. The zero-order chi connectivity index (χ0) is 50.3. The van der Waals surface area contributed by atoms with Crippen molar-refractivity contribution >= 4 is 5.78 Å². The molecule has 356 valence electrons. The van der Waals surface area contributed by atoms with Crippen molar-refractivity contribution in [1.29, 1.82) is 0 Å². The molecule has 1 N–H and O–H groups in total. The average Bonchev–Trinajstić information content (AvgIpc) is 3.45. The van der Waals surface area contributed by atoms with Crippen LogP contribution in [0, 0.1) is 5.41 Å². The van der Waals surface area contributed by atoms with Gasteiger partial charge in [-0.25, -0.2) is 0 Å². The fourth-order valence-electron chi connectivity index (χ4n) is 9.99. The Balaban J connectivity index is 1.17. The number of aryl methyl sites for hydroxylation is 1. The van der Waals surface area contributed by atoms with Crippen LogP contribution in [0.4, 0.5) is 0 Å². The lowest BCUT2D eigenvalue weighted by atomic mass is 9.84. The number of benzene rings is 8. The topological polar surface area (TPSA) is 63.1 Å². The van der Waals surface area contributed by atoms with Gasteiger partial charge in [0.1, 0.15) is 5.76 Å². The largest absolute Gasteiger partial charge is 0.511 e. The Labute approximate surface area is 430 Å². The number of aromatic nitrogens is 2. The van der Waals surface area contributed by atoms with Gasteiger partial charge in [-0.3, -0.25) is 14.8 Å². The van der Waals surface area contributed by atoms with E-state index in [-0.39, 0.29) is 18.0 Å². The molecular weight excluding hydrogens is 889 g/mol. The van der Waals surface area contributed by atoms with Gasteiger partial charge in [-0.1, -0.05) is 222 Å². The van der Waals surface area contributed by atoms with Crippen molar-refractivity contribution in [2.45, 2.75) is 47.0 Å². The van der Waals surface area contributed by atoms with Crippen LogP contribution in [-0.4, -0.2) is 20.9 Å². The number of allylic oxidation sites excluding steroid dienone is 2. The van der Waals surface area contributed by atoms with Crippen LogP contribution in [0.25, 0.3) is 100 Å². The molecule has 0 saturated carbocycles. The molecular formula is C69H58N2O2. The number of carbonyl (C=O) groups excluding carboxylic acids is 1. The third-order valence-electron chi connectivity index (χ3n) is 13.7. The van der Waals surface area contributed by atoms with Crippen molar-refractivity contribution in [3.63, 3.8) is 0 Å². The smallest absolute Gasteiger partial charge is 0.162 e.